The third-order valence-electron chi connectivity index (χ3n) is 3.47. The molecule has 0 spiro atoms. The molecule has 1 aromatic carbocycles. The first kappa shape index (κ1) is 17.6. The highest BCUT2D eigenvalue weighted by atomic mass is 32.2. The van der Waals surface area contributed by atoms with Gasteiger partial charge in [-0.3, -0.25) is 0 Å². The fraction of sp³-hybridized carbons (Fsp3) is 0.533. The fourth-order valence-corrected chi connectivity index (χ4v) is 2.92. The highest BCUT2D eigenvalue weighted by molar-refractivity contribution is 7.89. The summed E-state index contributed by atoms with van der Waals surface area (Å²) in [7, 11) is -0.356. The van der Waals surface area contributed by atoms with Crippen LogP contribution >= 0.6 is 0 Å². The lowest BCUT2D eigenvalue weighted by molar-refractivity contribution is 0.447. The molecule has 2 atom stereocenters. The SMILES string of the molecule is CCC(CC#N)NC(C)c1ccc(S(=O)(=O)N(C)C)cc1. The van der Waals surface area contributed by atoms with Crippen LogP contribution in [0.3, 0.4) is 0 Å². The zero-order valence-corrected chi connectivity index (χ0v) is 13.8. The van der Waals surface area contributed by atoms with E-state index in [-0.39, 0.29) is 17.0 Å². The molecule has 6 heteroatoms. The minimum Gasteiger partial charge on any atom is -0.306 e. The number of hydrogen-bond acceptors (Lipinski definition) is 4. The number of nitrogens with one attached hydrogen (secondary N) is 1. The molecule has 2 unspecified atom stereocenters. The maximum Gasteiger partial charge on any atom is 0.242 e. The summed E-state index contributed by atoms with van der Waals surface area (Å²) in [6, 6.07) is 9.25. The van der Waals surface area contributed by atoms with Gasteiger partial charge < -0.3 is 5.32 Å². The van der Waals surface area contributed by atoms with E-state index in [9.17, 15) is 8.42 Å². The van der Waals surface area contributed by atoms with Crippen molar-refractivity contribution in [3.8, 4) is 6.07 Å². The molecule has 1 N–H and O–H groups in total. The van der Waals surface area contributed by atoms with Crippen molar-refractivity contribution in [2.45, 2.75) is 43.7 Å². The second kappa shape index (κ2) is 7.55. The number of sulfonamides is 1. The summed E-state index contributed by atoms with van der Waals surface area (Å²) < 4.78 is 25.2. The quantitative estimate of drug-likeness (QED) is 0.838. The van der Waals surface area contributed by atoms with Crippen LogP contribution in [0.1, 0.15) is 38.3 Å². The first-order chi connectivity index (χ1) is 9.82. The maximum absolute atomic E-state index is 12.0. The van der Waals surface area contributed by atoms with Crippen molar-refractivity contribution in [3.05, 3.63) is 29.8 Å². The molecule has 0 aliphatic carbocycles. The summed E-state index contributed by atoms with van der Waals surface area (Å²) >= 11 is 0. The molecular weight excluding hydrogens is 286 g/mol. The third kappa shape index (κ3) is 4.53. The minimum absolute atomic E-state index is 0.0689. The van der Waals surface area contributed by atoms with Crippen molar-refractivity contribution >= 4 is 10.0 Å². The van der Waals surface area contributed by atoms with E-state index in [1.807, 2.05) is 26.0 Å². The Kier molecular flexibility index (Phi) is 6.34. The Labute approximate surface area is 127 Å². The van der Waals surface area contributed by atoms with Crippen LogP contribution in [0, 0.1) is 11.3 Å². The molecule has 1 aromatic rings. The van der Waals surface area contributed by atoms with Crippen molar-refractivity contribution in [3.63, 3.8) is 0 Å². The van der Waals surface area contributed by atoms with E-state index in [4.69, 9.17) is 5.26 Å². The van der Waals surface area contributed by atoms with Gasteiger partial charge in [0.05, 0.1) is 17.4 Å². The topological polar surface area (TPSA) is 73.2 Å². The standard InChI is InChI=1S/C15H23N3O2S/c1-5-14(10-11-16)17-12(2)13-6-8-15(9-7-13)21(19,20)18(3)4/h6-9,12,14,17H,5,10H2,1-4H3. The molecule has 0 aliphatic heterocycles. The van der Waals surface area contributed by atoms with Gasteiger partial charge in [-0.1, -0.05) is 19.1 Å². The van der Waals surface area contributed by atoms with Gasteiger partial charge in [0.15, 0.2) is 0 Å². The highest BCUT2D eigenvalue weighted by Gasteiger charge is 2.18. The van der Waals surface area contributed by atoms with Gasteiger partial charge >= 0.3 is 0 Å². The Balaban J connectivity index is 2.85. The van der Waals surface area contributed by atoms with Gasteiger partial charge in [-0.05, 0) is 31.0 Å². The largest absolute Gasteiger partial charge is 0.306 e. The molecule has 0 fully saturated rings. The summed E-state index contributed by atoms with van der Waals surface area (Å²) in [5.41, 5.74) is 1.00. The Hall–Kier alpha value is -1.42. The van der Waals surface area contributed by atoms with Gasteiger partial charge in [0.2, 0.25) is 10.0 Å². The minimum atomic E-state index is -3.39. The first-order valence-corrected chi connectivity index (χ1v) is 8.42. The number of hydrogen-bond donors (Lipinski definition) is 1. The van der Waals surface area contributed by atoms with Crippen LogP contribution in [0.25, 0.3) is 0 Å². The van der Waals surface area contributed by atoms with Gasteiger partial charge in [-0.2, -0.15) is 5.26 Å². The molecule has 5 nitrogen and oxygen atoms in total. The smallest absolute Gasteiger partial charge is 0.242 e. The van der Waals surface area contributed by atoms with Crippen LogP contribution in [0.5, 0.6) is 0 Å². The van der Waals surface area contributed by atoms with E-state index in [1.165, 1.54) is 18.4 Å². The first-order valence-electron chi connectivity index (χ1n) is 6.98. The molecule has 0 heterocycles. The van der Waals surface area contributed by atoms with Crippen LogP contribution < -0.4 is 5.32 Å². The van der Waals surface area contributed by atoms with Gasteiger partial charge in [0.1, 0.15) is 0 Å². The van der Waals surface area contributed by atoms with E-state index in [1.54, 1.807) is 12.1 Å². The van der Waals surface area contributed by atoms with Gasteiger partial charge in [-0.15, -0.1) is 0 Å². The molecule has 0 aromatic heterocycles. The number of benzene rings is 1. The second-order valence-electron chi connectivity index (χ2n) is 5.21. The predicted octanol–water partition coefficient (Wildman–Crippen LogP) is 2.28. The van der Waals surface area contributed by atoms with E-state index in [0.29, 0.717) is 6.42 Å². The van der Waals surface area contributed by atoms with Crippen molar-refractivity contribution in [2.24, 2.45) is 0 Å². The molecule has 0 saturated heterocycles. The van der Waals surface area contributed by atoms with Crippen molar-refractivity contribution in [2.75, 3.05) is 14.1 Å². The van der Waals surface area contributed by atoms with Crippen LogP contribution in [0.2, 0.25) is 0 Å². The summed E-state index contributed by atoms with van der Waals surface area (Å²) in [4.78, 5) is 0.285. The highest BCUT2D eigenvalue weighted by Crippen LogP contribution is 2.19. The summed E-state index contributed by atoms with van der Waals surface area (Å²) in [5, 5.41) is 12.2. The van der Waals surface area contributed by atoms with Crippen molar-refractivity contribution < 1.29 is 8.42 Å². The number of nitriles is 1. The van der Waals surface area contributed by atoms with E-state index in [2.05, 4.69) is 11.4 Å². The molecular formula is C15H23N3O2S. The molecule has 21 heavy (non-hydrogen) atoms. The van der Waals surface area contributed by atoms with E-state index >= 15 is 0 Å². The fourth-order valence-electron chi connectivity index (χ4n) is 2.02. The summed E-state index contributed by atoms with van der Waals surface area (Å²) in [6.07, 6.45) is 1.35. The van der Waals surface area contributed by atoms with E-state index < -0.39 is 10.0 Å². The third-order valence-corrected chi connectivity index (χ3v) is 5.30. The molecule has 1 rings (SSSR count). The lowest BCUT2D eigenvalue weighted by Crippen LogP contribution is -2.30. The summed E-state index contributed by atoms with van der Waals surface area (Å²) in [5.74, 6) is 0. The molecule has 0 bridgehead atoms. The molecule has 0 amide bonds. The molecule has 0 saturated carbocycles. The zero-order chi connectivity index (χ0) is 16.0. The lowest BCUT2D eigenvalue weighted by Gasteiger charge is -2.21. The van der Waals surface area contributed by atoms with Crippen LogP contribution in [-0.2, 0) is 10.0 Å². The van der Waals surface area contributed by atoms with Gasteiger partial charge in [0.25, 0.3) is 0 Å². The van der Waals surface area contributed by atoms with Crippen molar-refractivity contribution in [1.82, 2.24) is 9.62 Å². The zero-order valence-electron chi connectivity index (χ0n) is 13.0. The normalized spacial score (nSPS) is 14.7. The van der Waals surface area contributed by atoms with Crippen LogP contribution in [-0.4, -0.2) is 32.9 Å². The lowest BCUT2D eigenvalue weighted by atomic mass is 10.1. The number of rotatable bonds is 7. The van der Waals surface area contributed by atoms with Crippen molar-refractivity contribution in [1.29, 1.82) is 5.26 Å². The summed E-state index contributed by atoms with van der Waals surface area (Å²) in [6.45, 7) is 4.05. The van der Waals surface area contributed by atoms with E-state index in [0.717, 1.165) is 12.0 Å². The van der Waals surface area contributed by atoms with Crippen LogP contribution in [0.4, 0.5) is 0 Å². The average Bonchev–Trinajstić information content (AvgIpc) is 2.46. The second-order valence-corrected chi connectivity index (χ2v) is 7.36. The Bertz CT molecular complexity index is 588. The Morgan fingerprint density at radius 3 is 2.29 bits per heavy atom. The maximum atomic E-state index is 12.0. The average molecular weight is 309 g/mol. The molecule has 0 radical (unpaired) electrons. The Morgan fingerprint density at radius 1 is 1.29 bits per heavy atom. The monoisotopic (exact) mass is 309 g/mol. The molecule has 0 aliphatic rings. The van der Waals surface area contributed by atoms with Gasteiger partial charge in [-0.25, -0.2) is 12.7 Å². The van der Waals surface area contributed by atoms with Crippen LogP contribution in [0.15, 0.2) is 29.2 Å². The van der Waals surface area contributed by atoms with Gasteiger partial charge in [0, 0.05) is 26.2 Å². The molecule has 116 valence electrons. The number of nitrogens with zero attached hydrogens (tertiary/aromatic N) is 2. The predicted molar refractivity (Wildman–Crippen MR) is 83.2 cm³/mol. The Morgan fingerprint density at radius 2 is 1.86 bits per heavy atom.